The average Bonchev–Trinajstić information content (AvgIpc) is 3.99. The van der Waals surface area contributed by atoms with Gasteiger partial charge in [-0.25, -0.2) is 9.97 Å². The Bertz CT molecular complexity index is 2010. The van der Waals surface area contributed by atoms with Crippen molar-refractivity contribution >= 4 is 68.6 Å². The smallest absolute Gasteiger partial charge is 0.307 e. The number of rotatable bonds is 28. The molecule has 3 atom stereocenters. The molecule has 0 fully saturated rings. The minimum Gasteiger partial charge on any atom is -0.460 e. The number of carbonyl (C=O) groups excluding carboxylic acids is 3. The van der Waals surface area contributed by atoms with Crippen LogP contribution in [0, 0.1) is 5.41 Å². The predicted octanol–water partition coefficient (Wildman–Crippen LogP) is 6.97. The first-order valence-electron chi connectivity index (χ1n) is 21.6. The number of imidazole rings is 2. The van der Waals surface area contributed by atoms with Crippen LogP contribution in [0.3, 0.4) is 0 Å². The molecule has 0 bridgehead atoms. The molecule has 3 heterocycles. The third-order valence-electron chi connectivity index (χ3n) is 10.2. The lowest BCUT2D eigenvalue weighted by Gasteiger charge is -2.33. The Kier molecular flexibility index (Phi) is 17.2. The van der Waals surface area contributed by atoms with Crippen LogP contribution in [0.1, 0.15) is 53.4 Å². The van der Waals surface area contributed by atoms with Crippen molar-refractivity contribution in [1.29, 1.82) is 0 Å². The molecule has 0 aliphatic rings. The second-order valence-corrected chi connectivity index (χ2v) is 15.8. The van der Waals surface area contributed by atoms with E-state index in [1.807, 2.05) is 85.8 Å². The molecule has 63 heavy (non-hydrogen) atoms. The third kappa shape index (κ3) is 14.7. The highest BCUT2D eigenvalue weighted by molar-refractivity contribution is 5.84. The van der Waals surface area contributed by atoms with E-state index in [-0.39, 0.29) is 76.8 Å². The van der Waals surface area contributed by atoms with Gasteiger partial charge in [-0.3, -0.25) is 14.4 Å². The summed E-state index contributed by atoms with van der Waals surface area (Å²) >= 11 is 0. The predicted molar refractivity (Wildman–Crippen MR) is 242 cm³/mol. The lowest BCUT2D eigenvalue weighted by Crippen LogP contribution is -2.39. The number of ether oxygens (including phenoxy) is 6. The number of para-hydroxylation sites is 5. The molecule has 0 amide bonds. The number of aromatic amines is 3. The summed E-state index contributed by atoms with van der Waals surface area (Å²) in [6.45, 7) is 9.62. The van der Waals surface area contributed by atoms with E-state index in [4.69, 9.17) is 28.4 Å². The zero-order valence-electron chi connectivity index (χ0n) is 36.5. The number of benzene rings is 3. The Balaban J connectivity index is 0.925. The number of nitrogens with one attached hydrogen (secondary N) is 6. The maximum absolute atomic E-state index is 12.7. The Hall–Kier alpha value is -6.17. The summed E-state index contributed by atoms with van der Waals surface area (Å²) in [5.74, 6) is 0.931. The van der Waals surface area contributed by atoms with Gasteiger partial charge in [0, 0.05) is 36.0 Å². The number of H-pyrrole nitrogens is 3. The lowest BCUT2D eigenvalue weighted by molar-refractivity contribution is -0.155. The summed E-state index contributed by atoms with van der Waals surface area (Å²) < 4.78 is 35.3. The molecular weight excluding hydrogens is 809 g/mol. The number of fused-ring (bicyclic) bond motifs is 3. The van der Waals surface area contributed by atoms with Crippen molar-refractivity contribution in [3.05, 3.63) is 78.9 Å². The molecule has 3 aromatic carbocycles. The average molecular weight is 869 g/mol. The number of carbonyl (C=O) groups is 3. The monoisotopic (exact) mass is 868 g/mol. The summed E-state index contributed by atoms with van der Waals surface area (Å²) in [6, 6.07) is 25.3. The van der Waals surface area contributed by atoms with Crippen molar-refractivity contribution in [3.8, 4) is 0 Å². The highest BCUT2D eigenvalue weighted by Gasteiger charge is 2.31. The van der Waals surface area contributed by atoms with Crippen molar-refractivity contribution < 1.29 is 42.8 Å². The summed E-state index contributed by atoms with van der Waals surface area (Å²) in [7, 11) is 0. The molecule has 3 unspecified atom stereocenters. The maximum atomic E-state index is 12.7. The van der Waals surface area contributed by atoms with Crippen LogP contribution in [0.2, 0.25) is 0 Å². The summed E-state index contributed by atoms with van der Waals surface area (Å²) in [4.78, 5) is 56.5. The lowest BCUT2D eigenvalue weighted by atomic mass is 9.88. The fourth-order valence-corrected chi connectivity index (χ4v) is 6.81. The molecule has 0 aliphatic heterocycles. The van der Waals surface area contributed by atoms with E-state index in [1.165, 1.54) is 0 Å². The van der Waals surface area contributed by atoms with Gasteiger partial charge in [0.1, 0.15) is 24.1 Å². The first-order valence-corrected chi connectivity index (χ1v) is 21.6. The molecule has 0 saturated heterocycles. The quantitative estimate of drug-likeness (QED) is 0.0217. The molecule has 6 N–H and O–H groups in total. The van der Waals surface area contributed by atoms with Gasteiger partial charge in [0.25, 0.3) is 0 Å². The molecule has 0 spiro atoms. The third-order valence-corrected chi connectivity index (χ3v) is 10.2. The second kappa shape index (κ2) is 23.3. The zero-order chi connectivity index (χ0) is 44.4. The largest absolute Gasteiger partial charge is 0.460 e. The van der Waals surface area contributed by atoms with Crippen molar-refractivity contribution in [3.63, 3.8) is 0 Å². The molecule has 0 radical (unpaired) electrons. The van der Waals surface area contributed by atoms with Gasteiger partial charge in [-0.1, -0.05) is 49.4 Å². The first kappa shape index (κ1) is 46.3. The molecule has 338 valence electrons. The van der Waals surface area contributed by atoms with Gasteiger partial charge in [0.15, 0.2) is 0 Å². The molecule has 3 aromatic heterocycles. The number of hydrogen-bond donors (Lipinski definition) is 6. The Labute approximate surface area is 366 Å². The number of esters is 3. The van der Waals surface area contributed by atoms with E-state index in [0.29, 0.717) is 38.0 Å². The number of nitrogens with zero attached hydrogens (tertiary/aromatic N) is 2. The van der Waals surface area contributed by atoms with Crippen LogP contribution >= 0.6 is 0 Å². The van der Waals surface area contributed by atoms with Gasteiger partial charge in [0.05, 0.1) is 81.0 Å². The van der Waals surface area contributed by atoms with Gasteiger partial charge in [-0.05, 0) is 63.6 Å². The summed E-state index contributed by atoms with van der Waals surface area (Å²) in [5, 5.41) is 10.6. The number of aromatic nitrogens is 5. The van der Waals surface area contributed by atoms with E-state index in [2.05, 4.69) is 40.9 Å². The van der Waals surface area contributed by atoms with Crippen LogP contribution in [-0.4, -0.2) is 120 Å². The van der Waals surface area contributed by atoms with E-state index >= 15 is 0 Å². The highest BCUT2D eigenvalue weighted by atomic mass is 16.6. The molecule has 0 aliphatic carbocycles. The van der Waals surface area contributed by atoms with Crippen molar-refractivity contribution in [2.45, 2.75) is 71.7 Å². The molecule has 6 rings (SSSR count). The minimum atomic E-state index is -0.617. The molecule has 0 saturated carbocycles. The SMILES string of the molecule is CCC(COCC(C)OC(=O)CCNc1cc2ccccc2[nH]1)(COCC(C)OC(=O)CCNc1nc2ccccc2[nH]1)COCC(C)OC(=O)CCNc1nc2ccccc2[nH]1. The fraction of sp³-hybridized carbons (Fsp3) is 0.457. The van der Waals surface area contributed by atoms with Crippen molar-refractivity contribution in [1.82, 2.24) is 24.9 Å². The van der Waals surface area contributed by atoms with Gasteiger partial charge < -0.3 is 59.3 Å². The van der Waals surface area contributed by atoms with Gasteiger partial charge >= 0.3 is 17.9 Å². The number of anilines is 3. The van der Waals surface area contributed by atoms with Crippen LogP contribution < -0.4 is 16.0 Å². The summed E-state index contributed by atoms with van der Waals surface area (Å²) in [6.07, 6.45) is -0.427. The van der Waals surface area contributed by atoms with Crippen LogP contribution in [0.5, 0.6) is 0 Å². The first-order chi connectivity index (χ1) is 30.6. The minimum absolute atomic E-state index is 0.145. The molecule has 17 nitrogen and oxygen atoms in total. The Morgan fingerprint density at radius 1 is 0.571 bits per heavy atom. The van der Waals surface area contributed by atoms with Gasteiger partial charge in [-0.15, -0.1) is 0 Å². The van der Waals surface area contributed by atoms with Crippen LogP contribution in [0.25, 0.3) is 33.0 Å². The van der Waals surface area contributed by atoms with E-state index in [9.17, 15) is 14.4 Å². The molecular formula is C46H60N8O9. The van der Waals surface area contributed by atoms with Crippen LogP contribution in [-0.2, 0) is 42.8 Å². The molecule has 17 heteroatoms. The normalized spacial score (nSPS) is 13.9. The highest BCUT2D eigenvalue weighted by Crippen LogP contribution is 2.25. The van der Waals surface area contributed by atoms with Gasteiger partial charge in [-0.2, -0.15) is 0 Å². The number of hydrogen-bond acceptors (Lipinski definition) is 14. The van der Waals surface area contributed by atoms with E-state index < -0.39 is 23.7 Å². The maximum Gasteiger partial charge on any atom is 0.307 e. The standard InChI is InChI=1S/C46H60N8O9/c1-5-46(28-58-25-31(2)61-41(55)18-21-47-40-24-34-12-6-7-13-35(34)50-40,29-59-26-32(3)62-42(56)19-22-48-44-51-36-14-8-9-15-37(36)52-44)30-60-27-33(4)63-43(57)20-23-49-45-53-38-16-10-11-17-39(38)54-45/h6-17,24,31-33,47,50H,5,18-23,25-30H2,1-4H3,(H2,48,51,52)(H2,49,53,54). The van der Waals surface area contributed by atoms with Gasteiger partial charge in [0.2, 0.25) is 11.9 Å². The van der Waals surface area contributed by atoms with Crippen LogP contribution in [0.4, 0.5) is 17.7 Å². The van der Waals surface area contributed by atoms with Crippen LogP contribution in [0.15, 0.2) is 78.9 Å². The Morgan fingerprint density at radius 3 is 1.41 bits per heavy atom. The van der Waals surface area contributed by atoms with E-state index in [1.54, 1.807) is 20.8 Å². The fourth-order valence-electron chi connectivity index (χ4n) is 6.81. The van der Waals surface area contributed by atoms with E-state index in [0.717, 1.165) is 38.8 Å². The van der Waals surface area contributed by atoms with Crippen molar-refractivity contribution in [2.75, 3.05) is 75.2 Å². The topological polar surface area (TPSA) is 216 Å². The molecule has 6 aromatic rings. The zero-order valence-corrected chi connectivity index (χ0v) is 36.5. The summed E-state index contributed by atoms with van der Waals surface area (Å²) in [5.41, 5.74) is 3.89. The second-order valence-electron chi connectivity index (χ2n) is 15.8. The Morgan fingerprint density at radius 2 is 0.984 bits per heavy atom. The van der Waals surface area contributed by atoms with Crippen molar-refractivity contribution in [2.24, 2.45) is 5.41 Å².